The van der Waals surface area contributed by atoms with Crippen LogP contribution in [0.25, 0.3) is 0 Å². The minimum absolute atomic E-state index is 0.0291. The highest BCUT2D eigenvalue weighted by Crippen LogP contribution is 2.18. The lowest BCUT2D eigenvalue weighted by atomic mass is 10.2. The topological polar surface area (TPSA) is 46.2 Å². The first kappa shape index (κ1) is 15.4. The Balaban J connectivity index is 2.17. The molecule has 0 atom stereocenters. The third kappa shape index (κ3) is 3.75. The van der Waals surface area contributed by atoms with E-state index in [-0.39, 0.29) is 17.0 Å². The maximum atomic E-state index is 13.1. The number of hydrogen-bond acceptors (Lipinski definition) is 3. The van der Waals surface area contributed by atoms with Crippen LogP contribution in [0.4, 0.5) is 18.9 Å². The van der Waals surface area contributed by atoms with Crippen molar-refractivity contribution in [1.29, 1.82) is 0 Å². The van der Waals surface area contributed by atoms with Gasteiger partial charge in [-0.3, -0.25) is 0 Å². The van der Waals surface area contributed by atoms with E-state index in [0.29, 0.717) is 5.69 Å². The van der Waals surface area contributed by atoms with E-state index in [4.69, 9.17) is 0 Å². The van der Waals surface area contributed by atoms with Gasteiger partial charge in [0.2, 0.25) is 0 Å². The fourth-order valence-electron chi connectivity index (χ4n) is 1.75. The van der Waals surface area contributed by atoms with Gasteiger partial charge in [-0.15, -0.1) is 0 Å². The van der Waals surface area contributed by atoms with Gasteiger partial charge in [-0.1, -0.05) is 6.07 Å². The smallest absolute Gasteiger partial charge is 0.194 e. The molecule has 0 radical (unpaired) electrons. The number of rotatable bonds is 4. The fraction of sp³-hybridized carbons (Fsp3) is 0.143. The Hall–Kier alpha value is -2.02. The molecule has 7 heteroatoms. The van der Waals surface area contributed by atoms with Crippen molar-refractivity contribution in [3.63, 3.8) is 0 Å². The third-order valence-electron chi connectivity index (χ3n) is 2.80. The Morgan fingerprint density at radius 3 is 2.24 bits per heavy atom. The van der Waals surface area contributed by atoms with Crippen LogP contribution in [0.15, 0.2) is 41.3 Å². The van der Waals surface area contributed by atoms with Crippen LogP contribution in [-0.4, -0.2) is 14.7 Å². The second-order valence-electron chi connectivity index (χ2n) is 4.53. The Morgan fingerprint density at radius 2 is 1.67 bits per heavy atom. The molecule has 0 aliphatic rings. The van der Waals surface area contributed by atoms with Gasteiger partial charge in [-0.2, -0.15) is 0 Å². The van der Waals surface area contributed by atoms with E-state index in [2.05, 4.69) is 5.32 Å². The van der Waals surface area contributed by atoms with Crippen molar-refractivity contribution in [1.82, 2.24) is 0 Å². The standard InChI is InChI=1S/C14H12F3NO2S/c1-21(19,20)11-4-2-3-10(7-11)18-8-9-5-12(15)14(17)13(16)6-9/h2-7,18H,8H2,1H3. The highest BCUT2D eigenvalue weighted by molar-refractivity contribution is 7.90. The quantitative estimate of drug-likeness (QED) is 0.882. The van der Waals surface area contributed by atoms with Gasteiger partial charge in [0.15, 0.2) is 27.3 Å². The summed E-state index contributed by atoms with van der Waals surface area (Å²) in [6.07, 6.45) is 1.08. The average molecular weight is 315 g/mol. The first-order valence-electron chi connectivity index (χ1n) is 5.95. The highest BCUT2D eigenvalue weighted by Gasteiger charge is 2.11. The minimum Gasteiger partial charge on any atom is -0.381 e. The first-order valence-corrected chi connectivity index (χ1v) is 7.84. The van der Waals surface area contributed by atoms with Crippen molar-refractivity contribution in [3.05, 3.63) is 59.4 Å². The molecule has 0 heterocycles. The molecule has 0 saturated heterocycles. The van der Waals surface area contributed by atoms with Crippen LogP contribution >= 0.6 is 0 Å². The first-order chi connectivity index (χ1) is 9.77. The van der Waals surface area contributed by atoms with Gasteiger partial charge < -0.3 is 5.32 Å². The molecule has 0 unspecified atom stereocenters. The summed E-state index contributed by atoms with van der Waals surface area (Å²) in [5, 5.41) is 2.83. The van der Waals surface area contributed by atoms with Crippen LogP contribution in [0, 0.1) is 17.5 Å². The van der Waals surface area contributed by atoms with Crippen LogP contribution in [-0.2, 0) is 16.4 Å². The molecule has 2 aromatic carbocycles. The molecule has 0 aromatic heterocycles. The van der Waals surface area contributed by atoms with Gasteiger partial charge in [-0.05, 0) is 35.9 Å². The molecule has 0 saturated carbocycles. The van der Waals surface area contributed by atoms with Gasteiger partial charge in [0.05, 0.1) is 4.90 Å². The van der Waals surface area contributed by atoms with Gasteiger partial charge >= 0.3 is 0 Å². The molecule has 1 N–H and O–H groups in total. The molecule has 0 amide bonds. The fourth-order valence-corrected chi connectivity index (χ4v) is 2.42. The zero-order chi connectivity index (χ0) is 15.6. The Bertz CT molecular complexity index is 753. The lowest BCUT2D eigenvalue weighted by Crippen LogP contribution is -2.03. The predicted octanol–water partition coefficient (Wildman–Crippen LogP) is 3.12. The number of anilines is 1. The highest BCUT2D eigenvalue weighted by atomic mass is 32.2. The second kappa shape index (κ2) is 5.77. The monoisotopic (exact) mass is 315 g/mol. The Kier molecular flexibility index (Phi) is 4.22. The molecule has 0 bridgehead atoms. The van der Waals surface area contributed by atoms with Gasteiger partial charge in [0.25, 0.3) is 0 Å². The third-order valence-corrected chi connectivity index (χ3v) is 3.91. The molecule has 112 valence electrons. The summed E-state index contributed by atoms with van der Waals surface area (Å²) < 4.78 is 61.8. The van der Waals surface area contributed by atoms with Crippen molar-refractivity contribution in [2.45, 2.75) is 11.4 Å². The summed E-state index contributed by atoms with van der Waals surface area (Å²) in [6, 6.07) is 7.77. The summed E-state index contributed by atoms with van der Waals surface area (Å²) in [5.41, 5.74) is 0.680. The molecule has 0 spiro atoms. The van der Waals surface area contributed by atoms with Crippen molar-refractivity contribution >= 4 is 15.5 Å². The SMILES string of the molecule is CS(=O)(=O)c1cccc(NCc2cc(F)c(F)c(F)c2)c1. The molecule has 0 aliphatic heterocycles. The normalized spacial score (nSPS) is 11.4. The minimum atomic E-state index is -3.34. The zero-order valence-electron chi connectivity index (χ0n) is 11.0. The molecule has 0 aliphatic carbocycles. The van der Waals surface area contributed by atoms with E-state index in [1.54, 1.807) is 12.1 Å². The summed E-state index contributed by atoms with van der Waals surface area (Å²) in [7, 11) is -3.34. The molecule has 2 rings (SSSR count). The second-order valence-corrected chi connectivity index (χ2v) is 6.54. The predicted molar refractivity (Wildman–Crippen MR) is 73.2 cm³/mol. The van der Waals surface area contributed by atoms with Crippen molar-refractivity contribution in [2.75, 3.05) is 11.6 Å². The maximum Gasteiger partial charge on any atom is 0.194 e. The number of nitrogens with one attached hydrogen (secondary N) is 1. The van der Waals surface area contributed by atoms with Crippen molar-refractivity contribution in [3.8, 4) is 0 Å². The number of benzene rings is 2. The number of sulfone groups is 1. The van der Waals surface area contributed by atoms with E-state index in [1.807, 2.05) is 0 Å². The lowest BCUT2D eigenvalue weighted by molar-refractivity contribution is 0.445. The number of halogens is 3. The van der Waals surface area contributed by atoms with E-state index < -0.39 is 27.3 Å². The molecular formula is C14H12F3NO2S. The molecule has 3 nitrogen and oxygen atoms in total. The van der Waals surface area contributed by atoms with E-state index in [0.717, 1.165) is 18.4 Å². The van der Waals surface area contributed by atoms with Crippen LogP contribution < -0.4 is 5.32 Å². The zero-order valence-corrected chi connectivity index (χ0v) is 11.8. The van der Waals surface area contributed by atoms with Crippen LogP contribution in [0.3, 0.4) is 0 Å². The number of hydrogen-bond donors (Lipinski definition) is 1. The van der Waals surface area contributed by atoms with Gasteiger partial charge in [0.1, 0.15) is 0 Å². The molecule has 0 fully saturated rings. The van der Waals surface area contributed by atoms with Crippen LogP contribution in [0.2, 0.25) is 0 Å². The molecule has 2 aromatic rings. The summed E-state index contributed by atoms with van der Waals surface area (Å²) in [6.45, 7) is 0.0291. The van der Waals surface area contributed by atoms with E-state index >= 15 is 0 Å². The van der Waals surface area contributed by atoms with Crippen LogP contribution in [0.1, 0.15) is 5.56 Å². The van der Waals surface area contributed by atoms with Crippen LogP contribution in [0.5, 0.6) is 0 Å². The average Bonchev–Trinajstić information content (AvgIpc) is 2.42. The Labute approximate surface area is 120 Å². The largest absolute Gasteiger partial charge is 0.381 e. The van der Waals surface area contributed by atoms with E-state index in [1.165, 1.54) is 12.1 Å². The van der Waals surface area contributed by atoms with E-state index in [9.17, 15) is 21.6 Å². The summed E-state index contributed by atoms with van der Waals surface area (Å²) in [4.78, 5) is 0.129. The van der Waals surface area contributed by atoms with Gasteiger partial charge in [-0.25, -0.2) is 21.6 Å². The summed E-state index contributed by atoms with van der Waals surface area (Å²) >= 11 is 0. The maximum absolute atomic E-state index is 13.1. The summed E-state index contributed by atoms with van der Waals surface area (Å²) in [5.74, 6) is -4.05. The molecular weight excluding hydrogens is 303 g/mol. The van der Waals surface area contributed by atoms with Crippen molar-refractivity contribution < 1.29 is 21.6 Å². The lowest BCUT2D eigenvalue weighted by Gasteiger charge is -2.08. The molecule has 21 heavy (non-hydrogen) atoms. The Morgan fingerprint density at radius 1 is 1.05 bits per heavy atom. The van der Waals surface area contributed by atoms with Crippen molar-refractivity contribution in [2.24, 2.45) is 0 Å². The van der Waals surface area contributed by atoms with Gasteiger partial charge in [0, 0.05) is 18.5 Å².